The van der Waals surface area contributed by atoms with E-state index in [1.165, 1.54) is 4.90 Å². The van der Waals surface area contributed by atoms with Gasteiger partial charge in [0.25, 0.3) is 0 Å². The normalized spacial score (nSPS) is 13.2. The van der Waals surface area contributed by atoms with Gasteiger partial charge in [-0.2, -0.15) is 0 Å². The number of hydrogen-bond donors (Lipinski definition) is 2. The van der Waals surface area contributed by atoms with Crippen molar-refractivity contribution in [2.75, 3.05) is 13.6 Å². The van der Waals surface area contributed by atoms with Gasteiger partial charge in [0.2, 0.25) is 11.8 Å². The highest BCUT2D eigenvalue weighted by Crippen LogP contribution is 2.23. The predicted molar refractivity (Wildman–Crippen MR) is 118 cm³/mol. The molecule has 2 unspecified atom stereocenters. The predicted octanol–water partition coefficient (Wildman–Crippen LogP) is 3.63. The molecule has 0 radical (unpaired) electrons. The molecule has 0 aromatic heterocycles. The van der Waals surface area contributed by atoms with E-state index < -0.39 is 17.7 Å². The summed E-state index contributed by atoms with van der Waals surface area (Å²) in [5.74, 6) is -0.630. The summed E-state index contributed by atoms with van der Waals surface area (Å²) in [5.41, 5.74) is 2.22. The number of nitrogens with one attached hydrogen (secondary N) is 2. The van der Waals surface area contributed by atoms with Gasteiger partial charge in [-0.15, -0.1) is 0 Å². The number of aryl methyl sites for hydroxylation is 2. The first kappa shape index (κ1) is 25.5. The van der Waals surface area contributed by atoms with Crippen LogP contribution in [0.2, 0.25) is 0 Å². The Morgan fingerprint density at radius 2 is 1.77 bits per heavy atom. The summed E-state index contributed by atoms with van der Waals surface area (Å²) in [7, 11) is 1.57. The van der Waals surface area contributed by atoms with Crippen LogP contribution in [0.4, 0.5) is 4.79 Å². The molecule has 30 heavy (non-hydrogen) atoms. The first-order chi connectivity index (χ1) is 13.9. The lowest BCUT2D eigenvalue weighted by Gasteiger charge is -2.29. The Labute approximate surface area is 180 Å². The molecule has 1 aromatic rings. The van der Waals surface area contributed by atoms with E-state index in [-0.39, 0.29) is 24.4 Å². The fraction of sp³-hybridized carbons (Fsp3) is 0.609. The van der Waals surface area contributed by atoms with E-state index in [9.17, 15) is 14.4 Å². The van der Waals surface area contributed by atoms with Gasteiger partial charge in [0, 0.05) is 13.1 Å². The minimum Gasteiger partial charge on any atom is -0.444 e. The van der Waals surface area contributed by atoms with E-state index in [1.807, 2.05) is 39.0 Å². The zero-order valence-corrected chi connectivity index (χ0v) is 19.6. The summed E-state index contributed by atoms with van der Waals surface area (Å²) in [6.07, 6.45) is 1.13. The van der Waals surface area contributed by atoms with Gasteiger partial charge in [-0.1, -0.05) is 31.5 Å². The number of benzene rings is 1. The van der Waals surface area contributed by atoms with Crippen molar-refractivity contribution in [1.29, 1.82) is 0 Å². The molecule has 7 nitrogen and oxygen atoms in total. The van der Waals surface area contributed by atoms with Crippen molar-refractivity contribution in [3.8, 4) is 0 Å². The van der Waals surface area contributed by atoms with Gasteiger partial charge in [-0.3, -0.25) is 9.59 Å². The third kappa shape index (κ3) is 8.05. The second-order valence-electron chi connectivity index (χ2n) is 8.80. The van der Waals surface area contributed by atoms with Gasteiger partial charge in [0.1, 0.15) is 18.2 Å². The molecule has 0 saturated carbocycles. The van der Waals surface area contributed by atoms with Crippen molar-refractivity contribution in [2.24, 2.45) is 0 Å². The molecule has 0 aliphatic carbocycles. The molecule has 1 aromatic carbocycles. The fourth-order valence-corrected chi connectivity index (χ4v) is 3.04. The van der Waals surface area contributed by atoms with Crippen molar-refractivity contribution in [2.45, 2.75) is 79.0 Å². The third-order valence-corrected chi connectivity index (χ3v) is 4.77. The lowest BCUT2D eigenvalue weighted by molar-refractivity contribution is -0.138. The van der Waals surface area contributed by atoms with Crippen LogP contribution in [0.5, 0.6) is 0 Å². The molecular formula is C23H37N3O4. The Balaban J connectivity index is 3.02. The van der Waals surface area contributed by atoms with E-state index in [1.54, 1.807) is 27.8 Å². The van der Waals surface area contributed by atoms with E-state index in [0.29, 0.717) is 0 Å². The number of amides is 3. The van der Waals surface area contributed by atoms with Crippen LogP contribution in [-0.4, -0.2) is 48.0 Å². The summed E-state index contributed by atoms with van der Waals surface area (Å²) < 4.78 is 5.17. The number of hydrogen-bond acceptors (Lipinski definition) is 4. The summed E-state index contributed by atoms with van der Waals surface area (Å²) in [6.45, 7) is 13.0. The Bertz CT molecular complexity index is 755. The number of carbonyl (C=O) groups is 3. The van der Waals surface area contributed by atoms with E-state index in [2.05, 4.69) is 17.6 Å². The Hall–Kier alpha value is -2.57. The smallest absolute Gasteiger partial charge is 0.408 e. The quantitative estimate of drug-likeness (QED) is 0.673. The molecule has 0 heterocycles. The topological polar surface area (TPSA) is 87.7 Å². The summed E-state index contributed by atoms with van der Waals surface area (Å²) in [4.78, 5) is 39.1. The molecule has 168 valence electrons. The van der Waals surface area contributed by atoms with E-state index in [4.69, 9.17) is 4.74 Å². The minimum absolute atomic E-state index is 0.0000595. The van der Waals surface area contributed by atoms with Crippen molar-refractivity contribution in [3.05, 3.63) is 34.9 Å². The average molecular weight is 420 g/mol. The summed E-state index contributed by atoms with van der Waals surface area (Å²) >= 11 is 0. The highest BCUT2D eigenvalue weighted by molar-refractivity contribution is 5.90. The number of rotatable bonds is 8. The number of nitrogens with zero attached hydrogens (tertiary/aromatic N) is 1. The molecule has 0 aliphatic heterocycles. The van der Waals surface area contributed by atoms with Gasteiger partial charge >= 0.3 is 6.09 Å². The van der Waals surface area contributed by atoms with Crippen LogP contribution in [0, 0.1) is 13.8 Å². The molecule has 2 atom stereocenters. The maximum atomic E-state index is 13.1. The maximum absolute atomic E-state index is 13.1. The molecule has 2 N–H and O–H groups in total. The van der Waals surface area contributed by atoms with Crippen molar-refractivity contribution in [1.82, 2.24) is 15.5 Å². The summed E-state index contributed by atoms with van der Waals surface area (Å²) in [5, 5.41) is 5.46. The second-order valence-corrected chi connectivity index (χ2v) is 8.80. The van der Waals surface area contributed by atoms with Gasteiger partial charge < -0.3 is 20.3 Å². The van der Waals surface area contributed by atoms with Gasteiger partial charge in [0.05, 0.1) is 0 Å². The number of alkyl carbamates (subject to hydrolysis) is 1. The lowest BCUT2D eigenvalue weighted by atomic mass is 9.99. The van der Waals surface area contributed by atoms with Crippen LogP contribution in [0.25, 0.3) is 0 Å². The standard InChI is InChI=1S/C23H37N3O4/c1-9-10-17(4)25-21(28)20(18-12-11-15(2)16(3)13-18)26(8)19(27)14-24-22(29)30-23(5,6)7/h11-13,17,20H,9-10,14H2,1-8H3,(H,24,29)(H,25,28). The molecule has 0 fully saturated rings. The first-order valence-electron chi connectivity index (χ1n) is 10.5. The lowest BCUT2D eigenvalue weighted by Crippen LogP contribution is -2.47. The molecule has 0 saturated heterocycles. The molecule has 3 amide bonds. The number of carbonyl (C=O) groups excluding carboxylic acids is 3. The van der Waals surface area contributed by atoms with Crippen molar-refractivity contribution >= 4 is 17.9 Å². The van der Waals surface area contributed by atoms with Gasteiger partial charge in [-0.25, -0.2) is 4.79 Å². The highest BCUT2D eigenvalue weighted by Gasteiger charge is 2.30. The van der Waals surface area contributed by atoms with Crippen LogP contribution in [0.3, 0.4) is 0 Å². The first-order valence-corrected chi connectivity index (χ1v) is 10.5. The van der Waals surface area contributed by atoms with E-state index in [0.717, 1.165) is 29.5 Å². The summed E-state index contributed by atoms with van der Waals surface area (Å²) in [6, 6.07) is 4.94. The highest BCUT2D eigenvalue weighted by atomic mass is 16.6. The van der Waals surface area contributed by atoms with Crippen LogP contribution >= 0.6 is 0 Å². The van der Waals surface area contributed by atoms with Gasteiger partial charge in [0.15, 0.2) is 0 Å². The molecule has 7 heteroatoms. The zero-order valence-electron chi connectivity index (χ0n) is 19.6. The maximum Gasteiger partial charge on any atom is 0.408 e. The fourth-order valence-electron chi connectivity index (χ4n) is 3.04. The average Bonchev–Trinajstić information content (AvgIpc) is 2.61. The van der Waals surface area contributed by atoms with Crippen LogP contribution < -0.4 is 10.6 Å². The van der Waals surface area contributed by atoms with Crippen molar-refractivity contribution < 1.29 is 19.1 Å². The molecule has 1 rings (SSSR count). The SMILES string of the molecule is CCCC(C)NC(=O)C(c1ccc(C)c(C)c1)N(C)C(=O)CNC(=O)OC(C)(C)C. The Morgan fingerprint density at radius 3 is 2.30 bits per heavy atom. The van der Waals surface area contributed by atoms with Crippen LogP contribution in [0.15, 0.2) is 18.2 Å². The second kappa shape index (κ2) is 11.0. The van der Waals surface area contributed by atoms with Crippen molar-refractivity contribution in [3.63, 3.8) is 0 Å². The van der Waals surface area contributed by atoms with E-state index >= 15 is 0 Å². The third-order valence-electron chi connectivity index (χ3n) is 4.77. The molecule has 0 bridgehead atoms. The monoisotopic (exact) mass is 419 g/mol. The Morgan fingerprint density at radius 1 is 1.13 bits per heavy atom. The minimum atomic E-state index is -0.795. The molecule has 0 aliphatic rings. The van der Waals surface area contributed by atoms with Gasteiger partial charge in [-0.05, 0) is 64.7 Å². The Kier molecular flexibility index (Phi) is 9.33. The molecule has 0 spiro atoms. The zero-order chi connectivity index (χ0) is 23.1. The number of likely N-dealkylation sites (N-methyl/N-ethyl adjacent to an activating group) is 1. The largest absolute Gasteiger partial charge is 0.444 e. The van der Waals surface area contributed by atoms with Crippen LogP contribution in [0.1, 0.15) is 70.2 Å². The number of ether oxygens (including phenoxy) is 1. The van der Waals surface area contributed by atoms with Crippen LogP contribution in [-0.2, 0) is 14.3 Å². The molecular weight excluding hydrogens is 382 g/mol.